The standard InChI is InChI=1S/C12H19N3/c1-9(13)10-6-7-12(14-8-10)15(2)11-4-3-5-11/h6-9,11H,3-5,13H2,1-2H3. The zero-order valence-corrected chi connectivity index (χ0v) is 9.48. The molecule has 1 aromatic heterocycles. The van der Waals surface area contributed by atoms with Crippen molar-refractivity contribution in [1.82, 2.24) is 4.98 Å². The lowest BCUT2D eigenvalue weighted by atomic mass is 9.92. The van der Waals surface area contributed by atoms with Gasteiger partial charge in [0.2, 0.25) is 0 Å². The van der Waals surface area contributed by atoms with Crippen LogP contribution in [0.4, 0.5) is 5.82 Å². The predicted molar refractivity (Wildman–Crippen MR) is 62.9 cm³/mol. The van der Waals surface area contributed by atoms with Gasteiger partial charge in [0, 0.05) is 25.3 Å². The molecular formula is C12H19N3. The zero-order valence-electron chi connectivity index (χ0n) is 9.48. The third-order valence-corrected chi connectivity index (χ3v) is 3.28. The molecule has 0 bridgehead atoms. The predicted octanol–water partition coefficient (Wildman–Crippen LogP) is 2.09. The van der Waals surface area contributed by atoms with Crippen molar-refractivity contribution in [3.8, 4) is 0 Å². The molecule has 0 aromatic carbocycles. The highest BCUT2D eigenvalue weighted by Crippen LogP contribution is 2.27. The molecule has 0 spiro atoms. The summed E-state index contributed by atoms with van der Waals surface area (Å²) >= 11 is 0. The minimum Gasteiger partial charge on any atom is -0.357 e. The van der Waals surface area contributed by atoms with E-state index in [9.17, 15) is 0 Å². The number of anilines is 1. The van der Waals surface area contributed by atoms with E-state index >= 15 is 0 Å². The average Bonchev–Trinajstić information content (AvgIpc) is 2.15. The minimum atomic E-state index is 0.0700. The number of hydrogen-bond donors (Lipinski definition) is 1. The number of aromatic nitrogens is 1. The van der Waals surface area contributed by atoms with E-state index < -0.39 is 0 Å². The molecular weight excluding hydrogens is 186 g/mol. The van der Waals surface area contributed by atoms with Crippen LogP contribution in [0.25, 0.3) is 0 Å². The second-order valence-corrected chi connectivity index (χ2v) is 4.43. The normalized spacial score (nSPS) is 18.3. The quantitative estimate of drug-likeness (QED) is 0.821. The van der Waals surface area contributed by atoms with Gasteiger partial charge in [-0.05, 0) is 37.8 Å². The molecule has 2 rings (SSSR count). The Morgan fingerprint density at radius 1 is 1.47 bits per heavy atom. The van der Waals surface area contributed by atoms with E-state index in [-0.39, 0.29) is 6.04 Å². The van der Waals surface area contributed by atoms with Crippen LogP contribution in [0.3, 0.4) is 0 Å². The van der Waals surface area contributed by atoms with Crippen molar-refractivity contribution in [1.29, 1.82) is 0 Å². The number of hydrogen-bond acceptors (Lipinski definition) is 3. The first-order chi connectivity index (χ1) is 7.18. The minimum absolute atomic E-state index is 0.0700. The van der Waals surface area contributed by atoms with E-state index in [1.54, 1.807) is 0 Å². The maximum Gasteiger partial charge on any atom is 0.128 e. The number of nitrogens with zero attached hydrogens (tertiary/aromatic N) is 2. The van der Waals surface area contributed by atoms with E-state index in [1.807, 2.05) is 13.1 Å². The summed E-state index contributed by atoms with van der Waals surface area (Å²) in [4.78, 5) is 6.72. The highest BCUT2D eigenvalue weighted by Gasteiger charge is 2.22. The van der Waals surface area contributed by atoms with Crippen LogP contribution < -0.4 is 10.6 Å². The van der Waals surface area contributed by atoms with Crippen LogP contribution in [0.15, 0.2) is 18.3 Å². The van der Waals surface area contributed by atoms with Crippen molar-refractivity contribution in [2.24, 2.45) is 5.73 Å². The van der Waals surface area contributed by atoms with Gasteiger partial charge in [-0.25, -0.2) is 4.98 Å². The highest BCUT2D eigenvalue weighted by atomic mass is 15.2. The van der Waals surface area contributed by atoms with Crippen molar-refractivity contribution in [3.05, 3.63) is 23.9 Å². The Kier molecular flexibility index (Phi) is 2.91. The van der Waals surface area contributed by atoms with Gasteiger partial charge >= 0.3 is 0 Å². The van der Waals surface area contributed by atoms with Crippen LogP contribution >= 0.6 is 0 Å². The monoisotopic (exact) mass is 205 g/mol. The van der Waals surface area contributed by atoms with E-state index in [0.29, 0.717) is 6.04 Å². The van der Waals surface area contributed by atoms with Crippen molar-refractivity contribution < 1.29 is 0 Å². The highest BCUT2D eigenvalue weighted by molar-refractivity contribution is 5.40. The lowest BCUT2D eigenvalue weighted by Gasteiger charge is -2.35. The molecule has 0 saturated heterocycles. The molecule has 0 radical (unpaired) electrons. The molecule has 0 amide bonds. The molecule has 3 nitrogen and oxygen atoms in total. The largest absolute Gasteiger partial charge is 0.357 e. The fourth-order valence-electron chi connectivity index (χ4n) is 1.84. The Balaban J connectivity index is 2.08. The van der Waals surface area contributed by atoms with E-state index in [2.05, 4.69) is 29.1 Å². The maximum absolute atomic E-state index is 5.78. The first-order valence-corrected chi connectivity index (χ1v) is 5.63. The molecule has 1 saturated carbocycles. The first-order valence-electron chi connectivity index (χ1n) is 5.63. The van der Waals surface area contributed by atoms with Gasteiger partial charge in [-0.2, -0.15) is 0 Å². The molecule has 3 heteroatoms. The molecule has 1 atom stereocenters. The Morgan fingerprint density at radius 3 is 2.60 bits per heavy atom. The first kappa shape index (κ1) is 10.4. The molecule has 1 aliphatic rings. The summed E-state index contributed by atoms with van der Waals surface area (Å²) in [5, 5.41) is 0. The number of pyridine rings is 1. The summed E-state index contributed by atoms with van der Waals surface area (Å²) in [6, 6.07) is 4.90. The molecule has 1 aromatic rings. The topological polar surface area (TPSA) is 42.1 Å². The molecule has 2 N–H and O–H groups in total. The van der Waals surface area contributed by atoms with Gasteiger partial charge in [-0.15, -0.1) is 0 Å². The third-order valence-electron chi connectivity index (χ3n) is 3.28. The summed E-state index contributed by atoms with van der Waals surface area (Å²) in [5.41, 5.74) is 6.88. The lowest BCUT2D eigenvalue weighted by molar-refractivity contribution is 0.399. The molecule has 0 aliphatic heterocycles. The van der Waals surface area contributed by atoms with Crippen LogP contribution in [0.5, 0.6) is 0 Å². The van der Waals surface area contributed by atoms with Gasteiger partial charge < -0.3 is 10.6 Å². The van der Waals surface area contributed by atoms with Crippen molar-refractivity contribution in [2.45, 2.75) is 38.3 Å². The molecule has 1 fully saturated rings. The number of nitrogens with two attached hydrogens (primary N) is 1. The zero-order chi connectivity index (χ0) is 10.8. The fraction of sp³-hybridized carbons (Fsp3) is 0.583. The summed E-state index contributed by atoms with van der Waals surface area (Å²) in [5.74, 6) is 1.06. The van der Waals surface area contributed by atoms with Crippen LogP contribution in [-0.2, 0) is 0 Å². The van der Waals surface area contributed by atoms with Crippen LogP contribution in [0.2, 0.25) is 0 Å². The Bertz CT molecular complexity index is 314. The summed E-state index contributed by atoms with van der Waals surface area (Å²) < 4.78 is 0. The van der Waals surface area contributed by atoms with Gasteiger partial charge in [-0.3, -0.25) is 0 Å². The van der Waals surface area contributed by atoms with Crippen molar-refractivity contribution in [2.75, 3.05) is 11.9 Å². The number of rotatable bonds is 3. The van der Waals surface area contributed by atoms with Crippen molar-refractivity contribution in [3.63, 3.8) is 0 Å². The Morgan fingerprint density at radius 2 is 2.20 bits per heavy atom. The smallest absolute Gasteiger partial charge is 0.128 e. The van der Waals surface area contributed by atoms with E-state index in [0.717, 1.165) is 11.4 Å². The molecule has 1 aliphatic carbocycles. The van der Waals surface area contributed by atoms with Crippen LogP contribution in [0.1, 0.15) is 37.8 Å². The summed E-state index contributed by atoms with van der Waals surface area (Å²) in [7, 11) is 2.12. The van der Waals surface area contributed by atoms with Gasteiger partial charge in [0.1, 0.15) is 5.82 Å². The fourth-order valence-corrected chi connectivity index (χ4v) is 1.84. The summed E-state index contributed by atoms with van der Waals surface area (Å²) in [6.07, 6.45) is 5.84. The maximum atomic E-state index is 5.78. The Hall–Kier alpha value is -1.09. The van der Waals surface area contributed by atoms with Crippen LogP contribution in [0, 0.1) is 0 Å². The molecule has 1 heterocycles. The van der Waals surface area contributed by atoms with Crippen LogP contribution in [-0.4, -0.2) is 18.1 Å². The molecule has 1 unspecified atom stereocenters. The molecule has 15 heavy (non-hydrogen) atoms. The van der Waals surface area contributed by atoms with Crippen molar-refractivity contribution >= 4 is 5.82 Å². The van der Waals surface area contributed by atoms with Gasteiger partial charge in [-0.1, -0.05) is 6.07 Å². The van der Waals surface area contributed by atoms with Gasteiger partial charge in [0.15, 0.2) is 0 Å². The SMILES string of the molecule is CC(N)c1ccc(N(C)C2CCC2)nc1. The van der Waals surface area contributed by atoms with Gasteiger partial charge in [0.25, 0.3) is 0 Å². The van der Waals surface area contributed by atoms with E-state index in [1.165, 1.54) is 19.3 Å². The lowest BCUT2D eigenvalue weighted by Crippen LogP contribution is -2.37. The average molecular weight is 205 g/mol. The summed E-state index contributed by atoms with van der Waals surface area (Å²) in [6.45, 7) is 1.98. The second kappa shape index (κ2) is 4.19. The van der Waals surface area contributed by atoms with Gasteiger partial charge in [0.05, 0.1) is 0 Å². The molecule has 82 valence electrons. The third kappa shape index (κ3) is 2.12. The second-order valence-electron chi connectivity index (χ2n) is 4.43. The Labute approximate surface area is 91.3 Å². The van der Waals surface area contributed by atoms with E-state index in [4.69, 9.17) is 5.73 Å².